The van der Waals surface area contributed by atoms with E-state index in [4.69, 9.17) is 11.6 Å². The maximum absolute atomic E-state index is 12.4. The molecule has 1 aromatic carbocycles. The number of halogens is 1. The number of rotatable bonds is 3. The lowest BCUT2D eigenvalue weighted by Gasteiger charge is -2.31. The summed E-state index contributed by atoms with van der Waals surface area (Å²) in [5.41, 5.74) is 1.07. The van der Waals surface area contributed by atoms with Crippen LogP contribution in [0.4, 0.5) is 0 Å². The lowest BCUT2D eigenvalue weighted by Crippen LogP contribution is -2.39. The van der Waals surface area contributed by atoms with Gasteiger partial charge in [0, 0.05) is 11.1 Å². The normalized spacial score (nSPS) is 28.8. The Morgan fingerprint density at radius 2 is 2.16 bits per heavy atom. The van der Waals surface area contributed by atoms with Crippen LogP contribution in [0.25, 0.3) is 0 Å². The number of nitrogens with one attached hydrogen (secondary N) is 1. The lowest BCUT2D eigenvalue weighted by atomic mass is 10.1. The van der Waals surface area contributed by atoms with Gasteiger partial charge in [-0.2, -0.15) is 0 Å². The minimum atomic E-state index is -0.120. The molecule has 3 nitrogen and oxygen atoms in total. The van der Waals surface area contributed by atoms with Gasteiger partial charge in [-0.25, -0.2) is 0 Å². The fourth-order valence-corrected chi connectivity index (χ4v) is 3.11. The summed E-state index contributed by atoms with van der Waals surface area (Å²) in [4.78, 5) is 14.4. The van der Waals surface area contributed by atoms with Crippen LogP contribution in [0.1, 0.15) is 38.4 Å². The number of carbonyl (C=O) groups is 1. The molecule has 0 bridgehead atoms. The predicted molar refractivity (Wildman–Crippen MR) is 75.8 cm³/mol. The van der Waals surface area contributed by atoms with Crippen molar-refractivity contribution in [1.82, 2.24) is 10.2 Å². The van der Waals surface area contributed by atoms with Gasteiger partial charge in [0.25, 0.3) is 0 Å². The van der Waals surface area contributed by atoms with E-state index in [0.29, 0.717) is 17.0 Å². The topological polar surface area (TPSA) is 32.3 Å². The number of carbonyl (C=O) groups excluding carboxylic acids is 1. The summed E-state index contributed by atoms with van der Waals surface area (Å²) in [6.07, 6.45) is 2.43. The third-order valence-electron chi connectivity index (χ3n) is 4.22. The van der Waals surface area contributed by atoms with Crippen LogP contribution in [-0.2, 0) is 4.79 Å². The first-order valence-electron chi connectivity index (χ1n) is 6.91. The van der Waals surface area contributed by atoms with E-state index in [9.17, 15) is 4.79 Å². The maximum atomic E-state index is 12.4. The third kappa shape index (κ3) is 2.37. The monoisotopic (exact) mass is 278 g/mol. The first-order valence-corrected chi connectivity index (χ1v) is 7.29. The minimum Gasteiger partial charge on any atom is -0.319 e. The minimum absolute atomic E-state index is 0.0446. The molecule has 1 saturated carbocycles. The van der Waals surface area contributed by atoms with Crippen molar-refractivity contribution >= 4 is 17.5 Å². The molecular weight excluding hydrogens is 260 g/mol. The van der Waals surface area contributed by atoms with E-state index < -0.39 is 0 Å². The van der Waals surface area contributed by atoms with Crippen LogP contribution in [0.5, 0.6) is 0 Å². The summed E-state index contributed by atoms with van der Waals surface area (Å²) in [6.45, 7) is 4.09. The first kappa shape index (κ1) is 12.9. The summed E-state index contributed by atoms with van der Waals surface area (Å²) < 4.78 is 0. The Morgan fingerprint density at radius 1 is 1.42 bits per heavy atom. The summed E-state index contributed by atoms with van der Waals surface area (Å²) >= 11 is 6.07. The van der Waals surface area contributed by atoms with E-state index in [1.54, 1.807) is 0 Å². The summed E-state index contributed by atoms with van der Waals surface area (Å²) in [6, 6.07) is 7.95. The molecule has 1 aliphatic carbocycles. The van der Waals surface area contributed by atoms with Crippen molar-refractivity contribution in [2.45, 2.75) is 44.9 Å². The quantitative estimate of drug-likeness (QED) is 0.922. The molecule has 3 rings (SSSR count). The smallest absolute Gasteiger partial charge is 0.241 e. The van der Waals surface area contributed by atoms with E-state index in [0.717, 1.165) is 5.56 Å². The molecule has 3 atom stereocenters. The van der Waals surface area contributed by atoms with E-state index in [1.165, 1.54) is 12.8 Å². The zero-order chi connectivity index (χ0) is 13.6. The van der Waals surface area contributed by atoms with Crippen LogP contribution in [-0.4, -0.2) is 22.9 Å². The van der Waals surface area contributed by atoms with E-state index in [2.05, 4.69) is 12.2 Å². The molecule has 3 unspecified atom stereocenters. The van der Waals surface area contributed by atoms with E-state index >= 15 is 0 Å². The lowest BCUT2D eigenvalue weighted by molar-refractivity contribution is -0.132. The zero-order valence-corrected chi connectivity index (χ0v) is 12.0. The van der Waals surface area contributed by atoms with Crippen molar-refractivity contribution < 1.29 is 4.79 Å². The number of hydrogen-bond donors (Lipinski definition) is 1. The maximum Gasteiger partial charge on any atom is 0.241 e. The molecule has 1 saturated heterocycles. The van der Waals surface area contributed by atoms with Gasteiger partial charge in [-0.05, 0) is 50.3 Å². The second-order valence-corrected chi connectivity index (χ2v) is 6.11. The third-order valence-corrected chi connectivity index (χ3v) is 4.45. The molecular formula is C15H19ClN2O. The van der Waals surface area contributed by atoms with Crippen molar-refractivity contribution in [3.63, 3.8) is 0 Å². The van der Waals surface area contributed by atoms with Crippen LogP contribution in [0, 0.1) is 5.92 Å². The van der Waals surface area contributed by atoms with Crippen molar-refractivity contribution in [2.75, 3.05) is 0 Å². The van der Waals surface area contributed by atoms with Gasteiger partial charge in [0.1, 0.15) is 6.17 Å². The fourth-order valence-electron chi connectivity index (χ4n) is 2.91. The van der Waals surface area contributed by atoms with Crippen LogP contribution >= 0.6 is 11.6 Å². The van der Waals surface area contributed by atoms with Crippen molar-refractivity contribution in [1.29, 1.82) is 0 Å². The molecule has 0 radical (unpaired) electrons. The number of nitrogens with zero attached hydrogens (tertiary/aromatic N) is 1. The van der Waals surface area contributed by atoms with Gasteiger partial charge in [-0.15, -0.1) is 0 Å². The van der Waals surface area contributed by atoms with Crippen LogP contribution in [0.3, 0.4) is 0 Å². The van der Waals surface area contributed by atoms with Crippen molar-refractivity contribution in [3.8, 4) is 0 Å². The summed E-state index contributed by atoms with van der Waals surface area (Å²) in [5.74, 6) is 0.863. The molecule has 0 aromatic heterocycles. The standard InChI is InChI=1S/C15H19ClN2O/c1-9-15(19)18(10(2)11-6-7-11)14(17-9)12-4-3-5-13(16)8-12/h3-5,8-11,14,17H,6-7H2,1-2H3. The molecule has 1 heterocycles. The van der Waals surface area contributed by atoms with Gasteiger partial charge < -0.3 is 4.90 Å². The Balaban J connectivity index is 1.91. The highest BCUT2D eigenvalue weighted by Gasteiger charge is 2.44. The SMILES string of the molecule is CC1NC(c2cccc(Cl)c2)N(C(C)C2CC2)C1=O. The Bertz CT molecular complexity index is 501. The second-order valence-electron chi connectivity index (χ2n) is 5.67. The molecule has 102 valence electrons. The van der Waals surface area contributed by atoms with E-state index in [1.807, 2.05) is 36.1 Å². The van der Waals surface area contributed by atoms with Gasteiger partial charge in [0.15, 0.2) is 0 Å². The van der Waals surface area contributed by atoms with Crippen molar-refractivity contribution in [3.05, 3.63) is 34.9 Å². The highest BCUT2D eigenvalue weighted by Crippen LogP contribution is 2.39. The highest BCUT2D eigenvalue weighted by molar-refractivity contribution is 6.30. The number of amides is 1. The van der Waals surface area contributed by atoms with Gasteiger partial charge in [0.05, 0.1) is 6.04 Å². The Kier molecular flexibility index (Phi) is 3.27. The van der Waals surface area contributed by atoms with E-state index in [-0.39, 0.29) is 18.1 Å². The molecule has 0 spiro atoms. The predicted octanol–water partition coefficient (Wildman–Crippen LogP) is 2.96. The van der Waals surface area contributed by atoms with Crippen LogP contribution < -0.4 is 5.32 Å². The highest BCUT2D eigenvalue weighted by atomic mass is 35.5. The molecule has 1 aliphatic heterocycles. The number of hydrogen-bond acceptors (Lipinski definition) is 2. The second kappa shape index (κ2) is 4.80. The fraction of sp³-hybridized carbons (Fsp3) is 0.533. The Labute approximate surface area is 118 Å². The Morgan fingerprint density at radius 3 is 2.79 bits per heavy atom. The zero-order valence-electron chi connectivity index (χ0n) is 11.3. The molecule has 1 N–H and O–H groups in total. The van der Waals surface area contributed by atoms with Gasteiger partial charge in [-0.1, -0.05) is 23.7 Å². The first-order chi connectivity index (χ1) is 9.08. The van der Waals surface area contributed by atoms with Crippen LogP contribution in [0.15, 0.2) is 24.3 Å². The average molecular weight is 279 g/mol. The molecule has 4 heteroatoms. The summed E-state index contributed by atoms with van der Waals surface area (Å²) in [7, 11) is 0. The van der Waals surface area contributed by atoms with Gasteiger partial charge >= 0.3 is 0 Å². The summed E-state index contributed by atoms with van der Waals surface area (Å²) in [5, 5.41) is 4.09. The molecule has 19 heavy (non-hydrogen) atoms. The molecule has 1 amide bonds. The molecule has 2 aliphatic rings. The molecule has 2 fully saturated rings. The average Bonchev–Trinajstić information content (AvgIpc) is 3.17. The van der Waals surface area contributed by atoms with Gasteiger partial charge in [-0.3, -0.25) is 10.1 Å². The van der Waals surface area contributed by atoms with Crippen molar-refractivity contribution in [2.24, 2.45) is 5.92 Å². The van der Waals surface area contributed by atoms with Crippen LogP contribution in [0.2, 0.25) is 5.02 Å². The van der Waals surface area contributed by atoms with Gasteiger partial charge in [0.2, 0.25) is 5.91 Å². The number of benzene rings is 1. The Hall–Kier alpha value is -1.06. The largest absolute Gasteiger partial charge is 0.319 e. The molecule has 1 aromatic rings.